The molecule has 5 rings (SSSR count). The number of fused-ring (bicyclic) bond motifs is 1. The predicted molar refractivity (Wildman–Crippen MR) is 116 cm³/mol. The first-order valence-corrected chi connectivity index (χ1v) is 10.9. The van der Waals surface area contributed by atoms with Crippen LogP contribution in [-0.2, 0) is 4.79 Å². The molecule has 0 radical (unpaired) electrons. The molecule has 0 unspecified atom stereocenters. The van der Waals surface area contributed by atoms with E-state index in [0.29, 0.717) is 24.8 Å². The number of benzene rings is 1. The number of aromatic nitrogens is 4. The molecule has 2 fully saturated rings. The van der Waals surface area contributed by atoms with E-state index in [-0.39, 0.29) is 11.8 Å². The molecule has 0 bridgehead atoms. The highest BCUT2D eigenvalue weighted by molar-refractivity contribution is 5.94. The van der Waals surface area contributed by atoms with Crippen LogP contribution in [0.2, 0.25) is 0 Å². The van der Waals surface area contributed by atoms with Crippen LogP contribution >= 0.6 is 0 Å². The first kappa shape index (κ1) is 19.9. The van der Waals surface area contributed by atoms with E-state index in [1.54, 1.807) is 18.6 Å². The van der Waals surface area contributed by atoms with Crippen LogP contribution in [0, 0.1) is 11.8 Å². The Bertz CT molecular complexity index is 1060. The monoisotopic (exact) mass is 420 g/mol. The third kappa shape index (κ3) is 4.54. The van der Waals surface area contributed by atoms with E-state index in [4.69, 9.17) is 0 Å². The largest absolute Gasteiger partial charge is 0.309 e. The van der Waals surface area contributed by atoms with Gasteiger partial charge in [-0.1, -0.05) is 6.07 Å². The minimum absolute atomic E-state index is 0.00459. The number of nitrogens with one attached hydrogen (secondary N) is 1. The lowest BCUT2D eigenvalue weighted by Gasteiger charge is -2.38. The maximum atomic E-state index is 13.0. The van der Waals surface area contributed by atoms with Gasteiger partial charge in [0.05, 0.1) is 17.4 Å². The summed E-state index contributed by atoms with van der Waals surface area (Å²) in [5.74, 6) is 1.02. The number of anilines is 1. The normalized spacial score (nSPS) is 22.2. The standard InChI is InChI=1S/C23H25FN6O/c24-19-13-30(14-19)12-15-1-3-16(4-2-15)23(31)27-22-10-18-9-17(5-6-20(18)28-29-22)21-11-25-7-8-26-21/h5-11,15-16,19H,1-4,12-14H2,(H,27,29,31)/t15-,16-. The van der Waals surface area contributed by atoms with E-state index >= 15 is 0 Å². The molecule has 31 heavy (non-hydrogen) atoms. The number of carbonyl (C=O) groups excluding carboxylic acids is 1. The summed E-state index contributed by atoms with van der Waals surface area (Å²) in [5, 5.41) is 12.2. The number of hydrogen-bond acceptors (Lipinski definition) is 6. The minimum Gasteiger partial charge on any atom is -0.309 e. The second kappa shape index (κ2) is 8.63. The summed E-state index contributed by atoms with van der Waals surface area (Å²) < 4.78 is 13.0. The Balaban J connectivity index is 1.21. The van der Waals surface area contributed by atoms with E-state index in [0.717, 1.165) is 54.4 Å². The molecular weight excluding hydrogens is 395 g/mol. The molecule has 160 valence electrons. The lowest BCUT2D eigenvalue weighted by atomic mass is 9.81. The van der Waals surface area contributed by atoms with Crippen LogP contribution in [0.4, 0.5) is 10.2 Å². The predicted octanol–water partition coefficient (Wildman–Crippen LogP) is 3.49. The number of likely N-dealkylation sites (tertiary alicyclic amines) is 1. The van der Waals surface area contributed by atoms with Crippen molar-refractivity contribution in [3.63, 3.8) is 0 Å². The second-order valence-corrected chi connectivity index (χ2v) is 8.62. The molecule has 1 aromatic carbocycles. The van der Waals surface area contributed by atoms with Crippen LogP contribution in [-0.4, -0.2) is 56.8 Å². The molecule has 2 aliphatic rings. The number of carbonyl (C=O) groups is 1. The summed E-state index contributed by atoms with van der Waals surface area (Å²) in [7, 11) is 0. The van der Waals surface area contributed by atoms with Crippen molar-refractivity contribution in [2.24, 2.45) is 11.8 Å². The Labute approximate surface area is 180 Å². The van der Waals surface area contributed by atoms with Crippen molar-refractivity contribution >= 4 is 22.6 Å². The molecule has 1 amide bonds. The van der Waals surface area contributed by atoms with Gasteiger partial charge in [0.15, 0.2) is 5.82 Å². The van der Waals surface area contributed by atoms with Gasteiger partial charge in [0.1, 0.15) is 6.17 Å². The van der Waals surface area contributed by atoms with Crippen LogP contribution in [0.15, 0.2) is 42.9 Å². The van der Waals surface area contributed by atoms with Crippen molar-refractivity contribution in [3.8, 4) is 11.3 Å². The average Bonchev–Trinajstić information content (AvgIpc) is 2.78. The summed E-state index contributed by atoms with van der Waals surface area (Å²) in [6, 6.07) is 7.66. The quantitative estimate of drug-likeness (QED) is 0.680. The molecular formula is C23H25FN6O. The topological polar surface area (TPSA) is 83.9 Å². The van der Waals surface area contributed by atoms with Crippen LogP contribution in [0.25, 0.3) is 22.2 Å². The van der Waals surface area contributed by atoms with Gasteiger partial charge >= 0.3 is 0 Å². The zero-order valence-electron chi connectivity index (χ0n) is 17.2. The molecule has 3 heterocycles. The number of nitrogens with zero attached hydrogens (tertiary/aromatic N) is 5. The highest BCUT2D eigenvalue weighted by Gasteiger charge is 2.31. The van der Waals surface area contributed by atoms with Crippen LogP contribution in [0.3, 0.4) is 0 Å². The molecule has 1 aliphatic heterocycles. The van der Waals surface area contributed by atoms with Gasteiger partial charge in [-0.15, -0.1) is 10.2 Å². The van der Waals surface area contributed by atoms with Gasteiger partial charge in [0.25, 0.3) is 0 Å². The molecule has 1 saturated heterocycles. The minimum atomic E-state index is -0.651. The Hall–Kier alpha value is -3.00. The van der Waals surface area contributed by atoms with Gasteiger partial charge < -0.3 is 5.32 Å². The molecule has 8 heteroatoms. The fourth-order valence-electron chi connectivity index (χ4n) is 4.57. The summed E-state index contributed by atoms with van der Waals surface area (Å²) >= 11 is 0. The van der Waals surface area contributed by atoms with E-state index in [1.807, 2.05) is 24.3 Å². The Morgan fingerprint density at radius 3 is 2.68 bits per heavy atom. The van der Waals surface area contributed by atoms with Gasteiger partial charge in [-0.25, -0.2) is 4.39 Å². The van der Waals surface area contributed by atoms with E-state index < -0.39 is 6.17 Å². The molecule has 0 atom stereocenters. The van der Waals surface area contributed by atoms with Crippen LogP contribution in [0.1, 0.15) is 25.7 Å². The summed E-state index contributed by atoms with van der Waals surface area (Å²) in [6.45, 7) is 2.10. The van der Waals surface area contributed by atoms with Gasteiger partial charge in [-0.2, -0.15) is 0 Å². The smallest absolute Gasteiger partial charge is 0.228 e. The zero-order valence-corrected chi connectivity index (χ0v) is 17.2. The van der Waals surface area contributed by atoms with Crippen molar-refractivity contribution in [2.75, 3.05) is 25.0 Å². The fraction of sp³-hybridized carbons (Fsp3) is 0.435. The first-order chi connectivity index (χ1) is 15.1. The average molecular weight is 420 g/mol. The number of hydrogen-bond donors (Lipinski definition) is 1. The number of amides is 1. The molecule has 7 nitrogen and oxygen atoms in total. The molecule has 1 aliphatic carbocycles. The van der Waals surface area contributed by atoms with Gasteiger partial charge in [-0.05, 0) is 49.8 Å². The summed E-state index contributed by atoms with van der Waals surface area (Å²) in [5.41, 5.74) is 2.47. The van der Waals surface area contributed by atoms with Crippen molar-refractivity contribution in [1.82, 2.24) is 25.1 Å². The van der Waals surface area contributed by atoms with E-state index in [1.165, 1.54) is 0 Å². The van der Waals surface area contributed by atoms with Crippen molar-refractivity contribution in [3.05, 3.63) is 42.9 Å². The Morgan fingerprint density at radius 2 is 1.94 bits per heavy atom. The molecule has 2 aromatic heterocycles. The highest BCUT2D eigenvalue weighted by atomic mass is 19.1. The van der Waals surface area contributed by atoms with Crippen molar-refractivity contribution in [2.45, 2.75) is 31.9 Å². The molecule has 3 aromatic rings. The number of halogens is 1. The van der Waals surface area contributed by atoms with Crippen molar-refractivity contribution < 1.29 is 9.18 Å². The maximum absolute atomic E-state index is 13.0. The maximum Gasteiger partial charge on any atom is 0.228 e. The highest BCUT2D eigenvalue weighted by Crippen LogP contribution is 2.31. The van der Waals surface area contributed by atoms with Crippen molar-refractivity contribution in [1.29, 1.82) is 0 Å². The summed E-state index contributed by atoms with van der Waals surface area (Å²) in [4.78, 5) is 23.4. The fourth-order valence-corrected chi connectivity index (χ4v) is 4.57. The number of alkyl halides is 1. The zero-order chi connectivity index (χ0) is 21.2. The summed E-state index contributed by atoms with van der Waals surface area (Å²) in [6.07, 6.45) is 8.11. The SMILES string of the molecule is O=C(Nc1cc2cc(-c3cnccn3)ccc2nn1)[C@H]1CC[C@H](CN2CC(F)C2)CC1. The molecule has 0 spiro atoms. The first-order valence-electron chi connectivity index (χ1n) is 10.9. The second-order valence-electron chi connectivity index (χ2n) is 8.62. The lowest BCUT2D eigenvalue weighted by molar-refractivity contribution is -0.121. The van der Waals surface area contributed by atoms with Gasteiger partial charge in [-0.3, -0.25) is 19.7 Å². The van der Waals surface area contributed by atoms with Crippen LogP contribution in [0.5, 0.6) is 0 Å². The van der Waals surface area contributed by atoms with E-state index in [2.05, 4.69) is 30.4 Å². The molecule has 1 N–H and O–H groups in total. The third-order valence-corrected chi connectivity index (χ3v) is 6.34. The van der Waals surface area contributed by atoms with Crippen LogP contribution < -0.4 is 5.32 Å². The Morgan fingerprint density at radius 1 is 1.10 bits per heavy atom. The van der Waals surface area contributed by atoms with Gasteiger partial charge in [0.2, 0.25) is 5.91 Å². The number of rotatable bonds is 5. The van der Waals surface area contributed by atoms with Gasteiger partial charge in [0, 0.05) is 48.9 Å². The Kier molecular flexibility index (Phi) is 5.55. The lowest BCUT2D eigenvalue weighted by Crippen LogP contribution is -2.50. The van der Waals surface area contributed by atoms with E-state index in [9.17, 15) is 9.18 Å². The third-order valence-electron chi connectivity index (χ3n) is 6.34. The molecule has 1 saturated carbocycles.